The smallest absolute Gasteiger partial charge is 0.268 e. The van der Waals surface area contributed by atoms with Gasteiger partial charge in [0.25, 0.3) is 11.1 Å². The molecular formula is C37H25ClIN5O2. The molecule has 46 heavy (non-hydrogen) atoms. The van der Waals surface area contributed by atoms with Gasteiger partial charge in [0.15, 0.2) is 0 Å². The number of hydrogen-bond donors (Lipinski definition) is 0. The molecule has 0 atom stereocenters. The van der Waals surface area contributed by atoms with Crippen LogP contribution in [-0.4, -0.2) is 24.1 Å². The summed E-state index contributed by atoms with van der Waals surface area (Å²) >= 11 is 8.32. The van der Waals surface area contributed by atoms with Crippen molar-refractivity contribution in [2.45, 2.75) is 0 Å². The van der Waals surface area contributed by atoms with Gasteiger partial charge in [-0.15, -0.1) is 0 Å². The Bertz CT molecular complexity index is 2210. The van der Waals surface area contributed by atoms with Crippen LogP contribution in [0.4, 0.5) is 0 Å². The molecule has 224 valence electrons. The van der Waals surface area contributed by atoms with E-state index < -0.39 is 0 Å². The van der Waals surface area contributed by atoms with E-state index in [2.05, 4.69) is 37.5 Å². The van der Waals surface area contributed by atoms with Gasteiger partial charge < -0.3 is 0 Å². The molecule has 0 radical (unpaired) electrons. The first-order chi connectivity index (χ1) is 22.5. The van der Waals surface area contributed by atoms with Crippen molar-refractivity contribution in [3.05, 3.63) is 182 Å². The van der Waals surface area contributed by atoms with E-state index in [1.807, 2.05) is 115 Å². The van der Waals surface area contributed by atoms with E-state index >= 15 is 0 Å². The molecular weight excluding hydrogens is 709 g/mol. The third-order valence-electron chi connectivity index (χ3n) is 7.03. The monoisotopic (exact) mass is 733 g/mol. The second-order valence-corrected chi connectivity index (χ2v) is 11.5. The molecule has 0 saturated carbocycles. The molecule has 0 spiro atoms. The molecule has 0 N–H and O–H groups in total. The molecule has 5 aromatic heterocycles. The van der Waals surface area contributed by atoms with Gasteiger partial charge in [-0.05, 0) is 95.4 Å². The van der Waals surface area contributed by atoms with Gasteiger partial charge in [-0.3, -0.25) is 28.7 Å². The topological polar surface area (TPSA) is 82.7 Å². The Balaban J connectivity index is 0.000000167. The molecule has 0 fully saturated rings. The van der Waals surface area contributed by atoms with Crippen molar-refractivity contribution in [1.29, 1.82) is 0 Å². The van der Waals surface area contributed by atoms with E-state index in [4.69, 9.17) is 11.6 Å². The van der Waals surface area contributed by atoms with Crippen LogP contribution in [-0.2, 0) is 0 Å². The van der Waals surface area contributed by atoms with E-state index in [9.17, 15) is 9.59 Å². The summed E-state index contributed by atoms with van der Waals surface area (Å²) in [6.07, 6.45) is 8.71. The number of halogens is 2. The van der Waals surface area contributed by atoms with Crippen LogP contribution in [0.3, 0.4) is 0 Å². The number of para-hydroxylation sites is 2. The average molecular weight is 734 g/mol. The lowest BCUT2D eigenvalue weighted by molar-refractivity contribution is 0.979. The molecule has 0 bridgehead atoms. The van der Waals surface area contributed by atoms with E-state index in [0.29, 0.717) is 19.9 Å². The standard InChI is InChI=1S/C21H14ClN3O.C16H11IN2O/c22-20-17(9-6-12-24-20)18-13-15(19-10-4-5-11-23-19)14-25(21(18)26)16-7-2-1-3-8-16;17-14-10-12(15-8-4-5-9-18-15)11-19(16(14)20)13-6-2-1-3-7-13/h1-14H;1-11H. The number of aromatic nitrogens is 5. The molecule has 0 unspecified atom stereocenters. The summed E-state index contributed by atoms with van der Waals surface area (Å²) in [5.41, 5.74) is 5.92. The summed E-state index contributed by atoms with van der Waals surface area (Å²) in [5, 5.41) is 0.294. The average Bonchev–Trinajstić information content (AvgIpc) is 3.12. The van der Waals surface area contributed by atoms with E-state index in [0.717, 1.165) is 33.9 Å². The van der Waals surface area contributed by atoms with Crippen LogP contribution in [0.1, 0.15) is 0 Å². The summed E-state index contributed by atoms with van der Waals surface area (Å²) in [5.74, 6) is 0. The maximum absolute atomic E-state index is 13.2. The Morgan fingerprint density at radius 2 is 1.02 bits per heavy atom. The predicted octanol–water partition coefficient (Wildman–Crippen LogP) is 8.12. The van der Waals surface area contributed by atoms with Crippen LogP contribution in [0.15, 0.2) is 162 Å². The first kappa shape index (κ1) is 30.8. The van der Waals surface area contributed by atoms with Crippen molar-refractivity contribution in [2.75, 3.05) is 0 Å². The van der Waals surface area contributed by atoms with E-state index in [1.165, 1.54) is 0 Å². The molecule has 0 aliphatic heterocycles. The summed E-state index contributed by atoms with van der Waals surface area (Å²) in [6, 6.07) is 37.7. The number of nitrogens with zero attached hydrogens (tertiary/aromatic N) is 5. The summed E-state index contributed by atoms with van der Waals surface area (Å²) < 4.78 is 3.95. The van der Waals surface area contributed by atoms with Crippen LogP contribution >= 0.6 is 34.2 Å². The van der Waals surface area contributed by atoms with Gasteiger partial charge >= 0.3 is 0 Å². The first-order valence-electron chi connectivity index (χ1n) is 14.2. The molecule has 7 rings (SSSR count). The van der Waals surface area contributed by atoms with Gasteiger partial charge in [0.1, 0.15) is 5.15 Å². The zero-order valence-electron chi connectivity index (χ0n) is 24.2. The molecule has 0 aliphatic carbocycles. The first-order valence-corrected chi connectivity index (χ1v) is 15.7. The van der Waals surface area contributed by atoms with Gasteiger partial charge in [0, 0.05) is 59.0 Å². The van der Waals surface area contributed by atoms with Crippen LogP contribution in [0.2, 0.25) is 5.15 Å². The highest BCUT2D eigenvalue weighted by Gasteiger charge is 2.15. The minimum Gasteiger partial charge on any atom is -0.283 e. The minimum atomic E-state index is -0.161. The Hall–Kier alpha value is -5.19. The van der Waals surface area contributed by atoms with Crippen LogP contribution < -0.4 is 11.1 Å². The Morgan fingerprint density at radius 3 is 1.54 bits per heavy atom. The number of pyridine rings is 5. The Morgan fingerprint density at radius 1 is 0.522 bits per heavy atom. The molecule has 5 heterocycles. The summed E-state index contributed by atoms with van der Waals surface area (Å²) in [7, 11) is 0. The van der Waals surface area contributed by atoms with Crippen molar-refractivity contribution in [3.63, 3.8) is 0 Å². The fraction of sp³-hybridized carbons (Fsp3) is 0. The van der Waals surface area contributed by atoms with Crippen LogP contribution in [0.25, 0.3) is 45.0 Å². The van der Waals surface area contributed by atoms with Crippen molar-refractivity contribution in [1.82, 2.24) is 24.1 Å². The van der Waals surface area contributed by atoms with Gasteiger partial charge in [-0.2, -0.15) is 0 Å². The third kappa shape index (κ3) is 6.88. The van der Waals surface area contributed by atoms with Crippen molar-refractivity contribution in [2.24, 2.45) is 0 Å². The van der Waals surface area contributed by atoms with Crippen molar-refractivity contribution < 1.29 is 0 Å². The maximum Gasteiger partial charge on any atom is 0.268 e. The third-order valence-corrected chi connectivity index (χ3v) is 8.10. The normalized spacial score (nSPS) is 10.6. The molecule has 0 saturated heterocycles. The Kier molecular flexibility index (Phi) is 9.56. The molecule has 0 amide bonds. The largest absolute Gasteiger partial charge is 0.283 e. The number of rotatable bonds is 5. The zero-order chi connectivity index (χ0) is 31.9. The number of hydrogen-bond acceptors (Lipinski definition) is 5. The Labute approximate surface area is 283 Å². The minimum absolute atomic E-state index is 0.0171. The number of benzene rings is 2. The molecule has 7 aromatic rings. The van der Waals surface area contributed by atoms with Crippen LogP contribution in [0, 0.1) is 3.57 Å². The molecule has 7 nitrogen and oxygen atoms in total. The highest BCUT2D eigenvalue weighted by atomic mass is 127. The quantitative estimate of drug-likeness (QED) is 0.132. The van der Waals surface area contributed by atoms with E-state index in [1.54, 1.807) is 46.1 Å². The van der Waals surface area contributed by atoms with Gasteiger partial charge in [-0.25, -0.2) is 4.98 Å². The van der Waals surface area contributed by atoms with Gasteiger partial charge in [0.05, 0.1) is 20.5 Å². The summed E-state index contributed by atoms with van der Waals surface area (Å²) in [4.78, 5) is 38.3. The van der Waals surface area contributed by atoms with Crippen molar-refractivity contribution in [3.8, 4) is 45.0 Å². The highest BCUT2D eigenvalue weighted by Crippen LogP contribution is 2.27. The maximum atomic E-state index is 13.2. The fourth-order valence-corrected chi connectivity index (χ4v) is 5.63. The second-order valence-electron chi connectivity index (χ2n) is 10.0. The molecule has 0 aliphatic rings. The lowest BCUT2D eigenvalue weighted by Crippen LogP contribution is -2.20. The van der Waals surface area contributed by atoms with Gasteiger partial charge in [-0.1, -0.05) is 60.1 Å². The molecule has 9 heteroatoms. The lowest BCUT2D eigenvalue weighted by Gasteiger charge is -2.12. The zero-order valence-corrected chi connectivity index (χ0v) is 27.2. The summed E-state index contributed by atoms with van der Waals surface area (Å²) in [6.45, 7) is 0. The highest BCUT2D eigenvalue weighted by molar-refractivity contribution is 14.1. The predicted molar refractivity (Wildman–Crippen MR) is 191 cm³/mol. The van der Waals surface area contributed by atoms with Gasteiger partial charge in [0.2, 0.25) is 0 Å². The molecule has 2 aromatic carbocycles. The fourth-order valence-electron chi connectivity index (χ4n) is 4.82. The van der Waals surface area contributed by atoms with Crippen molar-refractivity contribution >= 4 is 34.2 Å². The van der Waals surface area contributed by atoms with E-state index in [-0.39, 0.29) is 11.1 Å². The lowest BCUT2D eigenvalue weighted by atomic mass is 10.0. The van der Waals surface area contributed by atoms with Crippen LogP contribution in [0.5, 0.6) is 0 Å². The SMILES string of the molecule is O=c1c(-c2cccnc2Cl)cc(-c2ccccn2)cn1-c1ccccc1.O=c1c(I)cc(-c2ccccn2)cn1-c1ccccc1. The second kappa shape index (κ2) is 14.3.